The van der Waals surface area contributed by atoms with Gasteiger partial charge in [-0.15, -0.1) is 11.3 Å². The van der Waals surface area contributed by atoms with E-state index < -0.39 is 17.7 Å². The Morgan fingerprint density at radius 1 is 1.28 bits per heavy atom. The maximum Gasteiger partial charge on any atom is 0.290 e. The summed E-state index contributed by atoms with van der Waals surface area (Å²) >= 11 is 1.28. The van der Waals surface area contributed by atoms with Gasteiger partial charge in [-0.05, 0) is 57.6 Å². The van der Waals surface area contributed by atoms with Gasteiger partial charge in [0.25, 0.3) is 5.91 Å². The molecule has 32 heavy (non-hydrogen) atoms. The number of aromatic nitrogens is 1. The SMILES string of the molecule is CCN(CC)CCCN1C(=O)C(O)=C(C(=O)c2sc(C)nc2C)C1c1cccc(OC)c1. The summed E-state index contributed by atoms with van der Waals surface area (Å²) in [5, 5.41) is 11.6. The fraction of sp³-hybridized carbons (Fsp3) is 0.458. The fourth-order valence-corrected chi connectivity index (χ4v) is 5.02. The molecule has 1 unspecified atom stereocenters. The van der Waals surface area contributed by atoms with Crippen molar-refractivity contribution >= 4 is 23.0 Å². The van der Waals surface area contributed by atoms with E-state index in [1.165, 1.54) is 11.3 Å². The van der Waals surface area contributed by atoms with Crippen LogP contribution in [-0.2, 0) is 4.79 Å². The van der Waals surface area contributed by atoms with Crippen LogP contribution in [0.15, 0.2) is 35.6 Å². The molecule has 0 aliphatic carbocycles. The Morgan fingerprint density at radius 3 is 2.59 bits per heavy atom. The molecule has 172 valence electrons. The quantitative estimate of drug-likeness (QED) is 0.542. The van der Waals surface area contributed by atoms with Crippen molar-refractivity contribution in [2.45, 2.75) is 40.2 Å². The van der Waals surface area contributed by atoms with Crippen molar-refractivity contribution in [3.8, 4) is 5.75 Å². The van der Waals surface area contributed by atoms with Crippen LogP contribution in [0.1, 0.15) is 52.2 Å². The minimum Gasteiger partial charge on any atom is -0.503 e. The Balaban J connectivity index is 2.00. The summed E-state index contributed by atoms with van der Waals surface area (Å²) in [4.78, 5) is 35.3. The van der Waals surface area contributed by atoms with Crippen LogP contribution in [0.4, 0.5) is 0 Å². The third kappa shape index (κ3) is 4.71. The number of aryl methyl sites for hydroxylation is 2. The van der Waals surface area contributed by atoms with Crippen LogP contribution in [0.2, 0.25) is 0 Å². The van der Waals surface area contributed by atoms with Gasteiger partial charge in [0, 0.05) is 6.54 Å². The lowest BCUT2D eigenvalue weighted by Gasteiger charge is -2.28. The summed E-state index contributed by atoms with van der Waals surface area (Å²) in [7, 11) is 1.57. The average Bonchev–Trinajstić information content (AvgIpc) is 3.26. The lowest BCUT2D eigenvalue weighted by Crippen LogP contribution is -2.34. The zero-order chi connectivity index (χ0) is 23.4. The Morgan fingerprint density at radius 2 is 2.00 bits per heavy atom. The summed E-state index contributed by atoms with van der Waals surface area (Å²) in [6, 6.07) is 6.63. The molecule has 1 aromatic heterocycles. The number of hydrogen-bond acceptors (Lipinski definition) is 7. The van der Waals surface area contributed by atoms with Gasteiger partial charge in [-0.1, -0.05) is 26.0 Å². The smallest absolute Gasteiger partial charge is 0.290 e. The highest BCUT2D eigenvalue weighted by Crippen LogP contribution is 2.41. The number of aliphatic hydroxyl groups excluding tert-OH is 1. The van der Waals surface area contributed by atoms with Crippen molar-refractivity contribution in [1.82, 2.24) is 14.8 Å². The lowest BCUT2D eigenvalue weighted by molar-refractivity contribution is -0.129. The molecule has 7 nitrogen and oxygen atoms in total. The normalized spacial score (nSPS) is 16.4. The maximum atomic E-state index is 13.5. The molecule has 0 saturated heterocycles. The molecule has 1 N–H and O–H groups in total. The van der Waals surface area contributed by atoms with Crippen LogP contribution in [0.25, 0.3) is 0 Å². The van der Waals surface area contributed by atoms with Gasteiger partial charge in [-0.3, -0.25) is 9.59 Å². The second-order valence-electron chi connectivity index (χ2n) is 7.80. The molecule has 1 atom stereocenters. The molecule has 8 heteroatoms. The molecule has 0 radical (unpaired) electrons. The Kier molecular flexibility index (Phi) is 7.69. The average molecular weight is 458 g/mol. The molecule has 2 aromatic rings. The predicted octanol–water partition coefficient (Wildman–Crippen LogP) is 4.08. The number of carbonyl (C=O) groups excluding carboxylic acids is 2. The molecule has 1 aliphatic rings. The second-order valence-corrected chi connectivity index (χ2v) is 9.00. The predicted molar refractivity (Wildman–Crippen MR) is 125 cm³/mol. The van der Waals surface area contributed by atoms with Gasteiger partial charge >= 0.3 is 0 Å². The zero-order valence-electron chi connectivity index (χ0n) is 19.3. The molecule has 0 saturated carbocycles. The monoisotopic (exact) mass is 457 g/mol. The van der Waals surface area contributed by atoms with E-state index in [0.29, 0.717) is 22.9 Å². The van der Waals surface area contributed by atoms with Crippen LogP contribution in [-0.4, -0.2) is 64.9 Å². The van der Waals surface area contributed by atoms with Crippen molar-refractivity contribution in [3.05, 3.63) is 56.7 Å². The van der Waals surface area contributed by atoms with Gasteiger partial charge < -0.3 is 19.6 Å². The number of amides is 1. The van der Waals surface area contributed by atoms with Gasteiger partial charge in [0.15, 0.2) is 5.76 Å². The highest BCUT2D eigenvalue weighted by molar-refractivity contribution is 7.14. The van der Waals surface area contributed by atoms with Gasteiger partial charge in [0.05, 0.1) is 34.3 Å². The number of Topliss-reactive ketones (excluding diaryl/α,β-unsaturated/α-hetero) is 1. The van der Waals surface area contributed by atoms with Crippen molar-refractivity contribution in [3.63, 3.8) is 0 Å². The molecule has 1 amide bonds. The Bertz CT molecular complexity index is 1030. The van der Waals surface area contributed by atoms with Gasteiger partial charge in [0.2, 0.25) is 5.78 Å². The first-order chi connectivity index (χ1) is 15.3. The summed E-state index contributed by atoms with van der Waals surface area (Å²) in [5.41, 5.74) is 1.44. The van der Waals surface area contributed by atoms with Gasteiger partial charge in [-0.2, -0.15) is 0 Å². The largest absolute Gasteiger partial charge is 0.503 e. The van der Waals surface area contributed by atoms with E-state index in [0.717, 1.165) is 36.6 Å². The van der Waals surface area contributed by atoms with Gasteiger partial charge in [-0.25, -0.2) is 4.98 Å². The standard InChI is InChI=1S/C24H31N3O4S/c1-6-26(7-2)12-9-13-27-20(17-10-8-11-18(14-17)31-5)19(22(29)24(27)30)21(28)23-15(3)25-16(4)32-23/h8,10-11,14,20,29H,6-7,9,12-13H2,1-5H3. The number of benzene rings is 1. The number of ether oxygens (including phenoxy) is 1. The first-order valence-corrected chi connectivity index (χ1v) is 11.7. The van der Waals surface area contributed by atoms with E-state index in [-0.39, 0.29) is 11.4 Å². The minimum atomic E-state index is -0.677. The maximum absolute atomic E-state index is 13.5. The lowest BCUT2D eigenvalue weighted by atomic mass is 9.95. The zero-order valence-corrected chi connectivity index (χ0v) is 20.2. The van der Waals surface area contributed by atoms with Crippen molar-refractivity contribution in [2.75, 3.05) is 33.3 Å². The Labute approximate surface area is 193 Å². The van der Waals surface area contributed by atoms with Crippen molar-refractivity contribution in [2.24, 2.45) is 0 Å². The first kappa shape index (κ1) is 23.9. The first-order valence-electron chi connectivity index (χ1n) is 10.9. The van der Waals surface area contributed by atoms with Crippen LogP contribution in [0, 0.1) is 13.8 Å². The van der Waals surface area contributed by atoms with E-state index in [9.17, 15) is 14.7 Å². The molecular weight excluding hydrogens is 426 g/mol. The van der Waals surface area contributed by atoms with Crippen LogP contribution < -0.4 is 4.74 Å². The highest BCUT2D eigenvalue weighted by Gasteiger charge is 2.44. The minimum absolute atomic E-state index is 0.109. The molecule has 0 bridgehead atoms. The van der Waals surface area contributed by atoms with E-state index in [1.54, 1.807) is 18.9 Å². The fourth-order valence-electron chi connectivity index (χ4n) is 4.14. The molecule has 0 spiro atoms. The summed E-state index contributed by atoms with van der Waals surface area (Å²) < 4.78 is 5.37. The van der Waals surface area contributed by atoms with E-state index in [4.69, 9.17) is 4.74 Å². The van der Waals surface area contributed by atoms with Crippen molar-refractivity contribution < 1.29 is 19.4 Å². The third-order valence-corrected chi connectivity index (χ3v) is 6.91. The number of methoxy groups -OCH3 is 1. The third-order valence-electron chi connectivity index (χ3n) is 5.84. The topological polar surface area (TPSA) is 83.0 Å². The number of thiazole rings is 1. The van der Waals surface area contributed by atoms with E-state index in [1.807, 2.05) is 31.2 Å². The summed E-state index contributed by atoms with van der Waals surface area (Å²) in [6.07, 6.45) is 0.737. The van der Waals surface area contributed by atoms with E-state index in [2.05, 4.69) is 23.7 Å². The number of carbonyl (C=O) groups is 2. The molecule has 1 aliphatic heterocycles. The molecular formula is C24H31N3O4S. The number of rotatable bonds is 10. The molecule has 3 rings (SSSR count). The molecule has 0 fully saturated rings. The van der Waals surface area contributed by atoms with Crippen LogP contribution in [0.3, 0.4) is 0 Å². The number of aliphatic hydroxyl groups is 1. The summed E-state index contributed by atoms with van der Waals surface area (Å²) in [6.45, 7) is 10.9. The second kappa shape index (κ2) is 10.3. The number of ketones is 1. The van der Waals surface area contributed by atoms with Crippen LogP contribution in [0.5, 0.6) is 5.75 Å². The van der Waals surface area contributed by atoms with Crippen LogP contribution >= 0.6 is 11.3 Å². The molecule has 2 heterocycles. The number of nitrogens with zero attached hydrogens (tertiary/aromatic N) is 3. The summed E-state index contributed by atoms with van der Waals surface area (Å²) in [5.74, 6) is -0.713. The molecule has 1 aromatic carbocycles. The van der Waals surface area contributed by atoms with E-state index >= 15 is 0 Å². The number of hydrogen-bond donors (Lipinski definition) is 1. The Hall–Kier alpha value is -2.71. The van der Waals surface area contributed by atoms with Gasteiger partial charge in [0.1, 0.15) is 5.75 Å². The van der Waals surface area contributed by atoms with Crippen molar-refractivity contribution in [1.29, 1.82) is 0 Å². The highest BCUT2D eigenvalue weighted by atomic mass is 32.1.